The fourth-order valence-electron chi connectivity index (χ4n) is 4.26. The Morgan fingerprint density at radius 3 is 2.84 bits per heavy atom. The molecular formula is C25H31N3O4. The van der Waals surface area contributed by atoms with Gasteiger partial charge >= 0.3 is 5.97 Å². The van der Waals surface area contributed by atoms with E-state index in [0.29, 0.717) is 35.3 Å². The summed E-state index contributed by atoms with van der Waals surface area (Å²) in [5.74, 6) is -1.01. The second kappa shape index (κ2) is 9.96. The minimum Gasteiger partial charge on any atom is -0.463 e. The van der Waals surface area contributed by atoms with Crippen LogP contribution in [-0.4, -0.2) is 36.6 Å². The molecular weight excluding hydrogens is 406 g/mol. The van der Waals surface area contributed by atoms with Gasteiger partial charge in [0.2, 0.25) is 0 Å². The summed E-state index contributed by atoms with van der Waals surface area (Å²) in [6.45, 7) is 10.4. The van der Waals surface area contributed by atoms with Gasteiger partial charge < -0.3 is 20.5 Å². The van der Waals surface area contributed by atoms with E-state index in [1.54, 1.807) is 31.5 Å². The zero-order valence-electron chi connectivity index (χ0n) is 18.9. The molecule has 1 aromatic heterocycles. The van der Waals surface area contributed by atoms with Gasteiger partial charge in [-0.25, -0.2) is 4.79 Å². The Balaban J connectivity index is 2.08. The molecule has 3 N–H and O–H groups in total. The van der Waals surface area contributed by atoms with E-state index >= 15 is 0 Å². The van der Waals surface area contributed by atoms with Crippen LogP contribution >= 0.6 is 0 Å². The topological polar surface area (TPSA) is 104 Å². The lowest BCUT2D eigenvalue weighted by Gasteiger charge is -2.39. The number of nitrogens with one attached hydrogen (secondary N) is 1. The maximum Gasteiger partial charge on any atom is 0.336 e. The highest BCUT2D eigenvalue weighted by Crippen LogP contribution is 2.46. The van der Waals surface area contributed by atoms with Crippen molar-refractivity contribution in [2.75, 3.05) is 19.8 Å². The van der Waals surface area contributed by atoms with Crippen molar-refractivity contribution in [1.82, 2.24) is 10.3 Å². The van der Waals surface area contributed by atoms with Crippen molar-refractivity contribution < 1.29 is 19.1 Å². The lowest BCUT2D eigenvalue weighted by molar-refractivity contribution is -0.139. The van der Waals surface area contributed by atoms with Crippen LogP contribution < -0.4 is 11.1 Å². The van der Waals surface area contributed by atoms with Crippen molar-refractivity contribution in [3.63, 3.8) is 0 Å². The van der Waals surface area contributed by atoms with Crippen LogP contribution in [0.15, 0.2) is 71.5 Å². The van der Waals surface area contributed by atoms with Crippen LogP contribution in [0.25, 0.3) is 0 Å². The Morgan fingerprint density at radius 2 is 2.19 bits per heavy atom. The lowest BCUT2D eigenvalue weighted by atomic mass is 9.69. The third kappa shape index (κ3) is 5.16. The molecule has 0 spiro atoms. The highest BCUT2D eigenvalue weighted by Gasteiger charge is 2.43. The minimum atomic E-state index is -0.562. The summed E-state index contributed by atoms with van der Waals surface area (Å²) in [6.07, 6.45) is 7.53. The number of ether oxygens (including phenoxy) is 2. The van der Waals surface area contributed by atoms with Crippen LogP contribution in [0.5, 0.6) is 0 Å². The number of Topliss-reactive ketones (excluding diaryl/α,β-unsaturated/α-hetero) is 1. The zero-order chi connectivity index (χ0) is 23.3. The highest BCUT2D eigenvalue weighted by atomic mass is 16.5. The first-order valence-electron chi connectivity index (χ1n) is 10.7. The van der Waals surface area contributed by atoms with Crippen molar-refractivity contribution >= 4 is 11.8 Å². The normalized spacial score (nSPS) is 20.2. The van der Waals surface area contributed by atoms with Gasteiger partial charge in [0.25, 0.3) is 0 Å². The zero-order valence-corrected chi connectivity index (χ0v) is 18.9. The summed E-state index contributed by atoms with van der Waals surface area (Å²) in [4.78, 5) is 30.6. The third-order valence-electron chi connectivity index (χ3n) is 5.50. The number of hydrogen-bond acceptors (Lipinski definition) is 7. The van der Waals surface area contributed by atoms with Crippen LogP contribution in [0.3, 0.4) is 0 Å². The average molecular weight is 438 g/mol. The summed E-state index contributed by atoms with van der Waals surface area (Å²) in [5, 5.41) is 3.36. The fraction of sp³-hybridized carbons (Fsp3) is 0.400. The van der Waals surface area contributed by atoms with Gasteiger partial charge in [0.05, 0.1) is 31.1 Å². The van der Waals surface area contributed by atoms with E-state index in [9.17, 15) is 9.59 Å². The van der Waals surface area contributed by atoms with Crippen LogP contribution in [0.4, 0.5) is 0 Å². The summed E-state index contributed by atoms with van der Waals surface area (Å²) in [5.41, 5.74) is 9.11. The molecule has 1 unspecified atom stereocenters. The number of carbonyl (C=O) groups excluding carboxylic acids is 2. The SMILES string of the molecule is C=C(/C=C\N)COCC1=C(C(=O)OCC)C(c2cccnc2)C2=C(CC(C)(C)CC2=O)N1. The monoisotopic (exact) mass is 437 g/mol. The van der Waals surface area contributed by atoms with Crippen LogP contribution in [0, 0.1) is 5.41 Å². The number of allylic oxidation sites excluding steroid dienone is 2. The summed E-state index contributed by atoms with van der Waals surface area (Å²) >= 11 is 0. The quantitative estimate of drug-likeness (QED) is 0.475. The lowest BCUT2D eigenvalue weighted by Crippen LogP contribution is -2.40. The number of aromatic nitrogens is 1. The molecule has 0 saturated heterocycles. The van der Waals surface area contributed by atoms with Crippen molar-refractivity contribution in [3.8, 4) is 0 Å². The van der Waals surface area contributed by atoms with Crippen molar-refractivity contribution in [2.24, 2.45) is 11.1 Å². The molecule has 0 bridgehead atoms. The molecule has 0 aromatic carbocycles. The Kier molecular flexibility index (Phi) is 7.30. The van der Waals surface area contributed by atoms with E-state index in [2.05, 4.69) is 30.7 Å². The number of ketones is 1. The first-order chi connectivity index (χ1) is 15.3. The van der Waals surface area contributed by atoms with Crippen molar-refractivity contribution in [1.29, 1.82) is 0 Å². The number of rotatable bonds is 8. The molecule has 0 radical (unpaired) electrons. The third-order valence-corrected chi connectivity index (χ3v) is 5.50. The molecule has 7 heteroatoms. The van der Waals surface area contributed by atoms with Gasteiger partial charge in [-0.2, -0.15) is 0 Å². The van der Waals surface area contributed by atoms with Crippen molar-refractivity contribution in [2.45, 2.75) is 39.5 Å². The Morgan fingerprint density at radius 1 is 1.41 bits per heavy atom. The number of pyridine rings is 1. The molecule has 1 atom stereocenters. The maximum atomic E-state index is 13.3. The molecule has 0 fully saturated rings. The van der Waals surface area contributed by atoms with Gasteiger partial charge in [0.1, 0.15) is 0 Å². The number of hydrogen-bond donors (Lipinski definition) is 2. The fourth-order valence-corrected chi connectivity index (χ4v) is 4.26. The minimum absolute atomic E-state index is 0.0285. The number of nitrogens with two attached hydrogens (primary N) is 1. The van der Waals surface area contributed by atoms with Crippen LogP contribution in [0.1, 0.15) is 45.1 Å². The van der Waals surface area contributed by atoms with Gasteiger partial charge in [-0.1, -0.05) is 26.5 Å². The van der Waals surface area contributed by atoms with E-state index in [4.69, 9.17) is 15.2 Å². The van der Waals surface area contributed by atoms with E-state index in [1.807, 2.05) is 6.07 Å². The number of carbonyl (C=O) groups is 2. The second-order valence-corrected chi connectivity index (χ2v) is 8.80. The molecule has 32 heavy (non-hydrogen) atoms. The first-order valence-corrected chi connectivity index (χ1v) is 10.7. The first kappa shape index (κ1) is 23.5. The maximum absolute atomic E-state index is 13.3. The molecule has 2 heterocycles. The average Bonchev–Trinajstić information content (AvgIpc) is 2.73. The van der Waals surface area contributed by atoms with Gasteiger partial charge in [0.15, 0.2) is 5.78 Å². The molecule has 1 aliphatic heterocycles. The molecule has 3 rings (SSSR count). The van der Waals surface area contributed by atoms with E-state index in [1.165, 1.54) is 6.20 Å². The summed E-state index contributed by atoms with van der Waals surface area (Å²) < 4.78 is 11.2. The molecule has 170 valence electrons. The standard InChI is InChI=1S/C25H31N3O4/c1-5-32-24(30)23-19(15-31-14-16(2)8-9-26)28-18-11-25(3,4)12-20(29)22(18)21(23)17-7-6-10-27-13-17/h6-10,13,21,28H,2,5,11-12,14-15,26H2,1,3-4H3/b9-8-. The Bertz CT molecular complexity index is 990. The predicted molar refractivity (Wildman–Crippen MR) is 122 cm³/mol. The molecule has 0 saturated carbocycles. The smallest absolute Gasteiger partial charge is 0.336 e. The van der Waals surface area contributed by atoms with Crippen LogP contribution in [-0.2, 0) is 19.1 Å². The predicted octanol–water partition coefficient (Wildman–Crippen LogP) is 3.27. The van der Waals surface area contributed by atoms with Gasteiger partial charge in [-0.15, -0.1) is 0 Å². The van der Waals surface area contributed by atoms with E-state index in [-0.39, 0.29) is 31.0 Å². The molecule has 7 nitrogen and oxygen atoms in total. The number of esters is 1. The van der Waals surface area contributed by atoms with Gasteiger partial charge in [0, 0.05) is 36.0 Å². The van der Waals surface area contributed by atoms with Gasteiger partial charge in [-0.3, -0.25) is 9.78 Å². The Hall–Kier alpha value is -3.19. The second-order valence-electron chi connectivity index (χ2n) is 8.80. The Labute approximate surface area is 189 Å². The van der Waals surface area contributed by atoms with Crippen LogP contribution in [0.2, 0.25) is 0 Å². The van der Waals surface area contributed by atoms with Gasteiger partial charge in [-0.05, 0) is 48.2 Å². The summed E-state index contributed by atoms with van der Waals surface area (Å²) in [7, 11) is 0. The summed E-state index contributed by atoms with van der Waals surface area (Å²) in [6, 6.07) is 3.68. The number of nitrogens with zero attached hydrogens (tertiary/aromatic N) is 1. The molecule has 0 amide bonds. The van der Waals surface area contributed by atoms with Crippen molar-refractivity contribution in [3.05, 3.63) is 77.1 Å². The number of dihydropyridines is 1. The van der Waals surface area contributed by atoms with E-state index < -0.39 is 11.9 Å². The van der Waals surface area contributed by atoms with E-state index in [0.717, 1.165) is 11.3 Å². The molecule has 2 aliphatic rings. The highest BCUT2D eigenvalue weighted by molar-refractivity contribution is 6.04. The largest absolute Gasteiger partial charge is 0.463 e. The molecule has 1 aromatic rings. The molecule has 1 aliphatic carbocycles.